The fourth-order valence-corrected chi connectivity index (χ4v) is 3.43. The van der Waals surface area contributed by atoms with Gasteiger partial charge in [0.15, 0.2) is 5.60 Å². The molecule has 1 heterocycles. The second-order valence-electron chi connectivity index (χ2n) is 6.54. The van der Waals surface area contributed by atoms with E-state index in [1.54, 1.807) is 54.6 Å². The molecule has 0 aromatic heterocycles. The van der Waals surface area contributed by atoms with Gasteiger partial charge in [0.05, 0.1) is 5.69 Å². The van der Waals surface area contributed by atoms with E-state index in [9.17, 15) is 19.1 Å². The Morgan fingerprint density at radius 3 is 2.32 bits per heavy atom. The number of hydrogen-bond donors (Lipinski definition) is 2. The van der Waals surface area contributed by atoms with Gasteiger partial charge in [0.25, 0.3) is 5.91 Å². The lowest BCUT2D eigenvalue weighted by molar-refractivity contribution is -0.133. The molecule has 0 bridgehead atoms. The van der Waals surface area contributed by atoms with Crippen molar-refractivity contribution in [3.8, 4) is 0 Å². The quantitative estimate of drug-likeness (QED) is 0.735. The number of rotatable bonds is 4. The van der Waals surface area contributed by atoms with E-state index < -0.39 is 23.2 Å². The maximum Gasteiger partial charge on any atom is 0.268 e. The number of hydrogen-bond acceptors (Lipinski definition) is 3. The van der Waals surface area contributed by atoms with Crippen molar-refractivity contribution in [2.24, 2.45) is 0 Å². The van der Waals surface area contributed by atoms with Crippen LogP contribution in [0.3, 0.4) is 0 Å². The molecule has 2 amide bonds. The summed E-state index contributed by atoms with van der Waals surface area (Å²) in [5.41, 5.74) is -0.0824. The summed E-state index contributed by atoms with van der Waals surface area (Å²) in [5, 5.41) is 14.0. The summed E-state index contributed by atoms with van der Waals surface area (Å²) in [4.78, 5) is 26.9. The minimum atomic E-state index is -1.85. The van der Waals surface area contributed by atoms with Gasteiger partial charge in [-0.15, -0.1) is 0 Å². The molecule has 3 aromatic carbocycles. The van der Waals surface area contributed by atoms with Crippen LogP contribution in [-0.2, 0) is 15.2 Å². The number of amides is 2. The molecule has 0 radical (unpaired) electrons. The van der Waals surface area contributed by atoms with Crippen LogP contribution < -0.4 is 10.2 Å². The fourth-order valence-electron chi connectivity index (χ4n) is 3.43. The first kappa shape index (κ1) is 17.9. The van der Waals surface area contributed by atoms with Gasteiger partial charge in [-0.05, 0) is 35.9 Å². The predicted molar refractivity (Wildman–Crippen MR) is 103 cm³/mol. The molecule has 140 valence electrons. The van der Waals surface area contributed by atoms with Crippen LogP contribution in [0, 0.1) is 5.82 Å². The molecule has 5 nitrogen and oxygen atoms in total. The number of carbonyl (C=O) groups excluding carboxylic acids is 2. The van der Waals surface area contributed by atoms with Crippen molar-refractivity contribution >= 4 is 23.2 Å². The summed E-state index contributed by atoms with van der Waals surface area (Å²) in [6.07, 6.45) is 0. The van der Waals surface area contributed by atoms with Crippen LogP contribution in [0.25, 0.3) is 0 Å². The summed E-state index contributed by atoms with van der Waals surface area (Å²) in [6.45, 7) is -0.275. The molecule has 1 aliphatic heterocycles. The number of halogens is 1. The van der Waals surface area contributed by atoms with Gasteiger partial charge < -0.3 is 10.4 Å². The lowest BCUT2D eigenvalue weighted by Crippen LogP contribution is -2.44. The van der Waals surface area contributed by atoms with E-state index >= 15 is 0 Å². The van der Waals surface area contributed by atoms with Crippen LogP contribution in [0.5, 0.6) is 0 Å². The zero-order chi connectivity index (χ0) is 19.7. The van der Waals surface area contributed by atoms with Gasteiger partial charge in [-0.2, -0.15) is 0 Å². The molecule has 28 heavy (non-hydrogen) atoms. The molecular formula is C22H17FN2O3. The van der Waals surface area contributed by atoms with Crippen molar-refractivity contribution in [3.63, 3.8) is 0 Å². The highest BCUT2D eigenvalue weighted by Crippen LogP contribution is 2.44. The van der Waals surface area contributed by atoms with E-state index in [4.69, 9.17) is 0 Å². The second-order valence-corrected chi connectivity index (χ2v) is 6.54. The van der Waals surface area contributed by atoms with E-state index in [0.29, 0.717) is 22.5 Å². The third-order valence-corrected chi connectivity index (χ3v) is 4.76. The van der Waals surface area contributed by atoms with Crippen molar-refractivity contribution in [2.45, 2.75) is 5.60 Å². The Bertz CT molecular complexity index is 1040. The van der Waals surface area contributed by atoms with Gasteiger partial charge in [-0.1, -0.05) is 48.5 Å². The maximum atomic E-state index is 13.2. The van der Waals surface area contributed by atoms with E-state index in [2.05, 4.69) is 5.32 Å². The number of aliphatic hydroxyl groups is 1. The van der Waals surface area contributed by atoms with Gasteiger partial charge in [-0.25, -0.2) is 4.39 Å². The van der Waals surface area contributed by atoms with E-state index in [-0.39, 0.29) is 6.54 Å². The lowest BCUT2D eigenvalue weighted by Gasteiger charge is -2.23. The van der Waals surface area contributed by atoms with Gasteiger partial charge in [0.2, 0.25) is 5.91 Å². The van der Waals surface area contributed by atoms with Gasteiger partial charge in [-0.3, -0.25) is 14.5 Å². The zero-order valence-corrected chi connectivity index (χ0v) is 14.8. The smallest absolute Gasteiger partial charge is 0.268 e. The third kappa shape index (κ3) is 2.93. The largest absolute Gasteiger partial charge is 0.372 e. The number of para-hydroxylation sites is 1. The number of benzene rings is 3. The van der Waals surface area contributed by atoms with E-state index in [1.807, 2.05) is 0 Å². The summed E-state index contributed by atoms with van der Waals surface area (Å²) >= 11 is 0. The molecule has 1 unspecified atom stereocenters. The molecule has 0 saturated heterocycles. The van der Waals surface area contributed by atoms with E-state index in [0.717, 1.165) is 0 Å². The molecular weight excluding hydrogens is 359 g/mol. The molecule has 0 spiro atoms. The van der Waals surface area contributed by atoms with Crippen LogP contribution in [-0.4, -0.2) is 23.5 Å². The van der Waals surface area contributed by atoms with Crippen molar-refractivity contribution in [1.82, 2.24) is 0 Å². The van der Waals surface area contributed by atoms with Crippen LogP contribution in [0.15, 0.2) is 78.9 Å². The second kappa shape index (κ2) is 6.90. The van der Waals surface area contributed by atoms with Crippen molar-refractivity contribution in [2.75, 3.05) is 16.8 Å². The first-order valence-electron chi connectivity index (χ1n) is 8.75. The molecule has 1 aliphatic rings. The van der Waals surface area contributed by atoms with Crippen LogP contribution in [0.2, 0.25) is 0 Å². The Kier molecular flexibility index (Phi) is 4.41. The molecule has 6 heteroatoms. The summed E-state index contributed by atoms with van der Waals surface area (Å²) in [5.74, 6) is -1.45. The monoisotopic (exact) mass is 376 g/mol. The third-order valence-electron chi connectivity index (χ3n) is 4.76. The summed E-state index contributed by atoms with van der Waals surface area (Å²) in [6, 6.07) is 20.8. The minimum Gasteiger partial charge on any atom is -0.372 e. The normalized spacial score (nSPS) is 18.1. The average Bonchev–Trinajstić information content (AvgIpc) is 2.93. The van der Waals surface area contributed by atoms with Crippen molar-refractivity contribution in [3.05, 3.63) is 95.8 Å². The predicted octanol–water partition coefficient (Wildman–Crippen LogP) is 3.05. The molecule has 0 fully saturated rings. The van der Waals surface area contributed by atoms with Crippen LogP contribution >= 0.6 is 0 Å². The Balaban J connectivity index is 1.64. The fraction of sp³-hybridized carbons (Fsp3) is 0.0909. The van der Waals surface area contributed by atoms with Gasteiger partial charge in [0, 0.05) is 11.3 Å². The zero-order valence-electron chi connectivity index (χ0n) is 14.8. The molecule has 3 aromatic rings. The Labute approximate surface area is 161 Å². The molecule has 0 aliphatic carbocycles. The summed E-state index contributed by atoms with van der Waals surface area (Å²) < 4.78 is 13.0. The standard InChI is InChI=1S/C22H17FN2O3/c23-16-10-12-17(13-11-16)24-20(26)14-25-19-9-5-4-8-18(19)22(28,21(25)27)15-6-2-1-3-7-15/h1-13,28H,14H2,(H,24,26). The topological polar surface area (TPSA) is 69.6 Å². The number of nitrogens with zero attached hydrogens (tertiary/aromatic N) is 1. The molecule has 2 N–H and O–H groups in total. The number of anilines is 2. The SMILES string of the molecule is O=C(CN1C(=O)C(O)(c2ccccc2)c2ccccc21)Nc1ccc(F)cc1. The molecule has 0 saturated carbocycles. The number of carbonyl (C=O) groups is 2. The average molecular weight is 376 g/mol. The minimum absolute atomic E-state index is 0.275. The van der Waals surface area contributed by atoms with Crippen molar-refractivity contribution < 1.29 is 19.1 Å². The molecule has 4 rings (SSSR count). The van der Waals surface area contributed by atoms with Gasteiger partial charge >= 0.3 is 0 Å². The van der Waals surface area contributed by atoms with Crippen molar-refractivity contribution in [1.29, 1.82) is 0 Å². The van der Waals surface area contributed by atoms with Crippen LogP contribution in [0.1, 0.15) is 11.1 Å². The Morgan fingerprint density at radius 1 is 0.964 bits per heavy atom. The maximum absolute atomic E-state index is 13.2. The van der Waals surface area contributed by atoms with E-state index in [1.165, 1.54) is 29.2 Å². The highest BCUT2D eigenvalue weighted by molar-refractivity contribution is 6.12. The number of nitrogens with one attached hydrogen (secondary N) is 1. The lowest BCUT2D eigenvalue weighted by atomic mass is 9.88. The van der Waals surface area contributed by atoms with Gasteiger partial charge in [0.1, 0.15) is 12.4 Å². The highest BCUT2D eigenvalue weighted by Gasteiger charge is 2.51. The highest BCUT2D eigenvalue weighted by atomic mass is 19.1. The first-order chi connectivity index (χ1) is 13.5. The summed E-state index contributed by atoms with van der Waals surface area (Å²) in [7, 11) is 0. The van der Waals surface area contributed by atoms with Crippen LogP contribution in [0.4, 0.5) is 15.8 Å². The Hall–Kier alpha value is -3.51. The number of fused-ring (bicyclic) bond motifs is 1. The molecule has 1 atom stereocenters. The Morgan fingerprint density at radius 2 is 1.61 bits per heavy atom. The first-order valence-corrected chi connectivity index (χ1v) is 8.75.